The van der Waals surface area contributed by atoms with Crippen LogP contribution in [0.1, 0.15) is 46.8 Å². The van der Waals surface area contributed by atoms with E-state index in [1.54, 1.807) is 0 Å². The van der Waals surface area contributed by atoms with Gasteiger partial charge in [0.15, 0.2) is 0 Å². The molecule has 0 saturated heterocycles. The van der Waals surface area contributed by atoms with E-state index in [4.69, 9.17) is 4.99 Å². The Bertz CT molecular complexity index is 2990. The average Bonchev–Trinajstić information content (AvgIpc) is 3.80. The smallest absolute Gasteiger partial charge is 0.0796 e. The van der Waals surface area contributed by atoms with Crippen LogP contribution in [0.5, 0.6) is 0 Å². The van der Waals surface area contributed by atoms with E-state index >= 15 is 0 Å². The zero-order valence-corrected chi connectivity index (χ0v) is 31.0. The summed E-state index contributed by atoms with van der Waals surface area (Å²) in [5.74, 6) is 0. The third-order valence-electron chi connectivity index (χ3n) is 11.7. The van der Waals surface area contributed by atoms with Crippen molar-refractivity contribution in [2.24, 2.45) is 4.99 Å². The Balaban J connectivity index is 1.13. The predicted octanol–water partition coefficient (Wildman–Crippen LogP) is 13.4. The molecule has 3 heterocycles. The van der Waals surface area contributed by atoms with E-state index in [-0.39, 0.29) is 6.04 Å². The molecule has 0 N–H and O–H groups in total. The van der Waals surface area contributed by atoms with E-state index in [1.807, 2.05) is 0 Å². The van der Waals surface area contributed by atoms with Gasteiger partial charge in [0.2, 0.25) is 0 Å². The summed E-state index contributed by atoms with van der Waals surface area (Å²) >= 11 is 0. The third-order valence-corrected chi connectivity index (χ3v) is 11.7. The normalized spacial score (nSPS) is 15.2. The number of allylic oxidation sites excluding steroid dienone is 2. The van der Waals surface area contributed by atoms with Crippen LogP contribution in [0.25, 0.3) is 66.9 Å². The highest BCUT2D eigenvalue weighted by atomic mass is 15.0. The van der Waals surface area contributed by atoms with Crippen molar-refractivity contribution in [3.63, 3.8) is 0 Å². The Morgan fingerprint density at radius 1 is 0.518 bits per heavy atom. The molecule has 2 aliphatic rings. The van der Waals surface area contributed by atoms with Crippen LogP contribution in [0.15, 0.2) is 193 Å². The molecule has 2 aromatic heterocycles. The second-order valence-electron chi connectivity index (χ2n) is 15.0. The minimum absolute atomic E-state index is 0.0371. The standard InChI is InChI=1S/C53H39N3/c1-3-16-36(17-4-1)47-33-40(34-48(54-47)37-18-5-2-6-19-37)38-20-15-21-39(32-38)46-35-41(55-49-26-11-7-22-42(49)43-23-8-12-27-50(43)55)30-31-53(46)56-51-28-13-9-24-44(51)45-25-10-14-29-52(45)56/h1-13,15-28,30-33,35,48H,14,29,34H2. The Labute approximate surface area is 326 Å². The first-order chi connectivity index (χ1) is 27.8. The van der Waals surface area contributed by atoms with Gasteiger partial charge in [0.1, 0.15) is 0 Å². The Kier molecular flexibility index (Phi) is 7.77. The fourth-order valence-electron chi connectivity index (χ4n) is 9.14. The molecule has 56 heavy (non-hydrogen) atoms. The van der Waals surface area contributed by atoms with Gasteiger partial charge in [-0.15, -0.1) is 0 Å². The maximum atomic E-state index is 5.31. The van der Waals surface area contributed by atoms with E-state index in [1.165, 1.54) is 77.5 Å². The summed E-state index contributed by atoms with van der Waals surface area (Å²) in [4.78, 5) is 5.31. The number of hydrogen-bond acceptors (Lipinski definition) is 1. The van der Waals surface area contributed by atoms with Crippen LogP contribution in [0.4, 0.5) is 0 Å². The van der Waals surface area contributed by atoms with E-state index in [9.17, 15) is 0 Å². The van der Waals surface area contributed by atoms with E-state index in [0.717, 1.165) is 36.2 Å². The Morgan fingerprint density at radius 3 is 1.89 bits per heavy atom. The number of dihydropyridines is 1. The van der Waals surface area contributed by atoms with Crippen LogP contribution in [-0.4, -0.2) is 14.8 Å². The lowest BCUT2D eigenvalue weighted by molar-refractivity contribution is 0.748. The lowest BCUT2D eigenvalue weighted by Gasteiger charge is -2.23. The number of nitrogens with zero attached hydrogens (tertiary/aromatic N) is 3. The van der Waals surface area contributed by atoms with Crippen molar-refractivity contribution in [1.29, 1.82) is 0 Å². The molecule has 11 rings (SSSR count). The van der Waals surface area contributed by atoms with E-state index < -0.39 is 0 Å². The van der Waals surface area contributed by atoms with Gasteiger partial charge in [-0.25, -0.2) is 0 Å². The molecule has 1 aliphatic heterocycles. The van der Waals surface area contributed by atoms with Crippen molar-refractivity contribution in [2.75, 3.05) is 0 Å². The Morgan fingerprint density at radius 2 is 1.14 bits per heavy atom. The van der Waals surface area contributed by atoms with Crippen molar-refractivity contribution in [3.05, 3.63) is 216 Å². The first kappa shape index (κ1) is 32.5. The zero-order valence-electron chi connectivity index (χ0n) is 31.0. The maximum Gasteiger partial charge on any atom is 0.0796 e. The third kappa shape index (κ3) is 5.39. The first-order valence-corrected chi connectivity index (χ1v) is 19.7. The number of hydrogen-bond donors (Lipinski definition) is 0. The van der Waals surface area contributed by atoms with Crippen LogP contribution < -0.4 is 0 Å². The summed E-state index contributed by atoms with van der Waals surface area (Å²) in [6.45, 7) is 0. The van der Waals surface area contributed by atoms with Gasteiger partial charge in [-0.1, -0.05) is 146 Å². The average molecular weight is 718 g/mol. The van der Waals surface area contributed by atoms with Crippen molar-refractivity contribution in [3.8, 4) is 22.5 Å². The second kappa shape index (κ2) is 13.4. The van der Waals surface area contributed by atoms with Crippen molar-refractivity contribution in [1.82, 2.24) is 9.13 Å². The lowest BCUT2D eigenvalue weighted by Crippen LogP contribution is -2.10. The van der Waals surface area contributed by atoms with Gasteiger partial charge in [-0.3, -0.25) is 4.99 Å². The van der Waals surface area contributed by atoms with Crippen molar-refractivity contribution in [2.45, 2.75) is 25.3 Å². The molecule has 0 spiro atoms. The molecule has 0 bridgehead atoms. The van der Waals surface area contributed by atoms with E-state index in [0.29, 0.717) is 0 Å². The second-order valence-corrected chi connectivity index (χ2v) is 15.0. The van der Waals surface area contributed by atoms with Crippen molar-refractivity contribution < 1.29 is 0 Å². The molecule has 1 aliphatic carbocycles. The number of rotatable bonds is 6. The summed E-state index contributed by atoms with van der Waals surface area (Å²) in [5.41, 5.74) is 17.1. The molecule has 9 aromatic rings. The molecular weight excluding hydrogens is 679 g/mol. The highest BCUT2D eigenvalue weighted by Crippen LogP contribution is 2.42. The largest absolute Gasteiger partial charge is 0.312 e. The van der Waals surface area contributed by atoms with Crippen molar-refractivity contribution >= 4 is 50.1 Å². The van der Waals surface area contributed by atoms with Gasteiger partial charge in [-0.2, -0.15) is 0 Å². The number of para-hydroxylation sites is 3. The molecule has 1 atom stereocenters. The minimum Gasteiger partial charge on any atom is -0.312 e. The summed E-state index contributed by atoms with van der Waals surface area (Å²) in [7, 11) is 0. The molecule has 266 valence electrons. The molecule has 0 saturated carbocycles. The summed E-state index contributed by atoms with van der Waals surface area (Å²) in [6, 6.07) is 64.2. The summed E-state index contributed by atoms with van der Waals surface area (Å²) < 4.78 is 4.97. The maximum absolute atomic E-state index is 5.31. The molecular formula is C53H39N3. The summed E-state index contributed by atoms with van der Waals surface area (Å²) in [5, 5.41) is 3.83. The fraction of sp³-hybridized carbons (Fsp3) is 0.0755. The molecule has 1 unspecified atom stereocenters. The van der Waals surface area contributed by atoms with Crippen LogP contribution in [0.3, 0.4) is 0 Å². The fourth-order valence-corrected chi connectivity index (χ4v) is 9.14. The molecule has 3 nitrogen and oxygen atoms in total. The Hall–Kier alpha value is -6.97. The minimum atomic E-state index is 0.0371. The van der Waals surface area contributed by atoms with Crippen LogP contribution in [-0.2, 0) is 6.42 Å². The molecule has 0 amide bonds. The number of aromatic nitrogens is 2. The molecule has 7 aromatic carbocycles. The monoisotopic (exact) mass is 717 g/mol. The quantitative estimate of drug-likeness (QED) is 0.163. The van der Waals surface area contributed by atoms with Crippen LogP contribution in [0, 0.1) is 0 Å². The highest BCUT2D eigenvalue weighted by molar-refractivity contribution is 6.13. The molecule has 3 heteroatoms. The number of fused-ring (bicyclic) bond motifs is 6. The van der Waals surface area contributed by atoms with Crippen LogP contribution in [0.2, 0.25) is 0 Å². The number of benzene rings is 7. The van der Waals surface area contributed by atoms with Gasteiger partial charge in [0, 0.05) is 38.7 Å². The predicted molar refractivity (Wildman–Crippen MR) is 235 cm³/mol. The highest BCUT2D eigenvalue weighted by Gasteiger charge is 2.24. The summed E-state index contributed by atoms with van der Waals surface area (Å²) in [6.07, 6.45) is 9.84. The molecule has 0 fully saturated rings. The van der Waals surface area contributed by atoms with Gasteiger partial charge in [-0.05, 0) is 95.6 Å². The SMILES string of the molecule is C1=Cc2c(n(-c3ccc(-n4c5ccccc5c5ccccc54)cc3-c3cccc(C4=CC(c5ccccc5)=NC(c5ccccc5)C4)c3)c3ccccc23)CC1. The van der Waals surface area contributed by atoms with Gasteiger partial charge in [0.05, 0.1) is 34.0 Å². The lowest BCUT2D eigenvalue weighted by atomic mass is 9.88. The van der Waals surface area contributed by atoms with Gasteiger partial charge >= 0.3 is 0 Å². The molecule has 0 radical (unpaired) electrons. The van der Waals surface area contributed by atoms with Gasteiger partial charge in [0.25, 0.3) is 0 Å². The van der Waals surface area contributed by atoms with Crippen LogP contribution >= 0.6 is 0 Å². The van der Waals surface area contributed by atoms with Gasteiger partial charge < -0.3 is 9.13 Å². The zero-order chi connectivity index (χ0) is 37.0. The van der Waals surface area contributed by atoms with E-state index in [2.05, 4.69) is 203 Å². The first-order valence-electron chi connectivity index (χ1n) is 19.7. The topological polar surface area (TPSA) is 22.2 Å². The number of aliphatic imine (C=N–C) groups is 1.